The van der Waals surface area contributed by atoms with Crippen LogP contribution in [-0.4, -0.2) is 18.0 Å². The van der Waals surface area contributed by atoms with Gasteiger partial charge in [-0.3, -0.25) is 4.90 Å². The lowest BCUT2D eigenvalue weighted by molar-refractivity contribution is 0.282. The van der Waals surface area contributed by atoms with Crippen LogP contribution in [0.3, 0.4) is 0 Å². The van der Waals surface area contributed by atoms with Crippen molar-refractivity contribution in [1.82, 2.24) is 4.90 Å². The third kappa shape index (κ3) is 10.7. The number of nitrogens with zero attached hydrogens (tertiary/aromatic N) is 1. The highest BCUT2D eigenvalue weighted by Crippen LogP contribution is 2.12. The Balaban J connectivity index is 1.67. The maximum absolute atomic E-state index is 13.8. The number of hydrogen-bond donors (Lipinski definition) is 0. The monoisotopic (exact) mass is 421 g/mol. The summed E-state index contributed by atoms with van der Waals surface area (Å²) in [5.74, 6) is 6.53. The number of benzene rings is 2. The van der Waals surface area contributed by atoms with Crippen molar-refractivity contribution in [2.45, 2.75) is 84.6 Å². The quantitative estimate of drug-likeness (QED) is 0.222. The Hall–Kier alpha value is -2.11. The molecule has 0 atom stereocenters. The van der Waals surface area contributed by atoms with Gasteiger partial charge >= 0.3 is 0 Å². The second-order valence-electron chi connectivity index (χ2n) is 8.43. The molecule has 2 rings (SSSR count). The summed E-state index contributed by atoms with van der Waals surface area (Å²) >= 11 is 0. The number of rotatable bonds is 14. The van der Waals surface area contributed by atoms with Gasteiger partial charge in [-0.05, 0) is 48.7 Å². The van der Waals surface area contributed by atoms with E-state index in [0.29, 0.717) is 0 Å². The number of unbranched alkanes of at least 4 members (excludes halogenated alkanes) is 8. The molecule has 0 unspecified atom stereocenters. The fraction of sp³-hybridized carbons (Fsp3) is 0.517. The first-order valence-corrected chi connectivity index (χ1v) is 12.3. The van der Waals surface area contributed by atoms with Gasteiger partial charge < -0.3 is 0 Å². The van der Waals surface area contributed by atoms with E-state index in [9.17, 15) is 4.39 Å². The van der Waals surface area contributed by atoms with Crippen molar-refractivity contribution in [3.63, 3.8) is 0 Å². The molecule has 0 fully saturated rings. The second-order valence-corrected chi connectivity index (χ2v) is 8.43. The molecule has 2 heteroatoms. The highest BCUT2D eigenvalue weighted by molar-refractivity contribution is 5.36. The van der Waals surface area contributed by atoms with Gasteiger partial charge in [0, 0.05) is 25.1 Å². The van der Waals surface area contributed by atoms with E-state index >= 15 is 0 Å². The molecule has 0 aliphatic rings. The number of halogens is 1. The smallest absolute Gasteiger partial charge is 0.126 e. The van der Waals surface area contributed by atoms with Crippen LogP contribution >= 0.6 is 0 Å². The molecule has 0 aliphatic carbocycles. The molecule has 168 valence electrons. The summed E-state index contributed by atoms with van der Waals surface area (Å²) in [6, 6.07) is 15.7. The first-order chi connectivity index (χ1) is 15.2. The van der Waals surface area contributed by atoms with Crippen molar-refractivity contribution in [2.75, 3.05) is 13.1 Å². The second kappa shape index (κ2) is 15.7. The molecule has 0 saturated heterocycles. The Morgan fingerprint density at radius 3 is 2.16 bits per heavy atom. The van der Waals surface area contributed by atoms with Gasteiger partial charge in [-0.2, -0.15) is 0 Å². The summed E-state index contributed by atoms with van der Waals surface area (Å²) in [7, 11) is 0. The standard InChI is InChI=1S/C29H40FN/c1-3-5-6-7-8-9-10-11-12-13-16-26-19-21-27(22-20-26)25-31(4-2)24-23-28-17-14-15-18-29(28)30/h14-15,17-22H,3-12,23-25H2,1-2H3. The fourth-order valence-corrected chi connectivity index (χ4v) is 3.79. The Labute approximate surface area is 190 Å². The van der Waals surface area contributed by atoms with Gasteiger partial charge in [-0.25, -0.2) is 4.39 Å². The van der Waals surface area contributed by atoms with Gasteiger partial charge in [0.1, 0.15) is 5.82 Å². The van der Waals surface area contributed by atoms with Crippen LogP contribution in [-0.2, 0) is 13.0 Å². The molecule has 2 aromatic rings. The van der Waals surface area contributed by atoms with Gasteiger partial charge in [0.05, 0.1) is 0 Å². The van der Waals surface area contributed by atoms with E-state index in [-0.39, 0.29) is 5.82 Å². The molecule has 0 bridgehead atoms. The third-order valence-corrected chi connectivity index (χ3v) is 5.85. The van der Waals surface area contributed by atoms with E-state index in [1.165, 1.54) is 56.9 Å². The van der Waals surface area contributed by atoms with Crippen molar-refractivity contribution < 1.29 is 4.39 Å². The van der Waals surface area contributed by atoms with Crippen LogP contribution in [0, 0.1) is 17.7 Å². The lowest BCUT2D eigenvalue weighted by Gasteiger charge is -2.20. The third-order valence-electron chi connectivity index (χ3n) is 5.85. The minimum absolute atomic E-state index is 0.103. The lowest BCUT2D eigenvalue weighted by Crippen LogP contribution is -2.25. The average molecular weight is 422 g/mol. The van der Waals surface area contributed by atoms with Crippen molar-refractivity contribution in [3.05, 3.63) is 71.0 Å². The molecule has 0 saturated carbocycles. The highest BCUT2D eigenvalue weighted by atomic mass is 19.1. The largest absolute Gasteiger partial charge is 0.299 e. The Morgan fingerprint density at radius 2 is 1.48 bits per heavy atom. The Morgan fingerprint density at radius 1 is 0.806 bits per heavy atom. The molecule has 0 aromatic heterocycles. The van der Waals surface area contributed by atoms with Crippen LogP contribution < -0.4 is 0 Å². The Kier molecular flexibility index (Phi) is 12.7. The van der Waals surface area contributed by atoms with Crippen molar-refractivity contribution in [1.29, 1.82) is 0 Å². The molecule has 31 heavy (non-hydrogen) atoms. The van der Waals surface area contributed by atoms with E-state index in [1.807, 2.05) is 12.1 Å². The molecule has 1 nitrogen and oxygen atoms in total. The zero-order valence-corrected chi connectivity index (χ0v) is 19.6. The van der Waals surface area contributed by atoms with Crippen LogP contribution in [0.2, 0.25) is 0 Å². The molecular weight excluding hydrogens is 381 g/mol. The van der Waals surface area contributed by atoms with Gasteiger partial charge in [-0.15, -0.1) is 0 Å². The van der Waals surface area contributed by atoms with Gasteiger partial charge in [0.15, 0.2) is 0 Å². The zero-order valence-electron chi connectivity index (χ0n) is 19.6. The highest BCUT2D eigenvalue weighted by Gasteiger charge is 2.07. The van der Waals surface area contributed by atoms with Crippen LogP contribution in [0.4, 0.5) is 4.39 Å². The van der Waals surface area contributed by atoms with Crippen LogP contribution in [0.15, 0.2) is 48.5 Å². The van der Waals surface area contributed by atoms with Gasteiger partial charge in [0.2, 0.25) is 0 Å². The Bertz CT molecular complexity index is 784. The fourth-order valence-electron chi connectivity index (χ4n) is 3.79. The molecule has 0 aliphatic heterocycles. The number of likely N-dealkylation sites (N-methyl/N-ethyl adjacent to an activating group) is 1. The molecule has 0 heterocycles. The van der Waals surface area contributed by atoms with Crippen LogP contribution in [0.5, 0.6) is 0 Å². The van der Waals surface area contributed by atoms with E-state index in [2.05, 4.69) is 54.9 Å². The van der Waals surface area contributed by atoms with Gasteiger partial charge in [-0.1, -0.05) is 101 Å². The molecule has 0 spiro atoms. The summed E-state index contributed by atoms with van der Waals surface area (Å²) in [5.41, 5.74) is 3.17. The van der Waals surface area contributed by atoms with Crippen molar-refractivity contribution in [2.24, 2.45) is 0 Å². The van der Waals surface area contributed by atoms with Gasteiger partial charge in [0.25, 0.3) is 0 Å². The van der Waals surface area contributed by atoms with E-state index in [1.54, 1.807) is 12.1 Å². The first-order valence-electron chi connectivity index (χ1n) is 12.3. The summed E-state index contributed by atoms with van der Waals surface area (Å²) in [4.78, 5) is 2.36. The predicted octanol–water partition coefficient (Wildman–Crippen LogP) is 7.77. The summed E-state index contributed by atoms with van der Waals surface area (Å²) in [6.45, 7) is 7.12. The zero-order chi connectivity index (χ0) is 22.2. The normalized spacial score (nSPS) is 10.8. The van der Waals surface area contributed by atoms with Crippen LogP contribution in [0.1, 0.15) is 88.3 Å². The molecule has 0 amide bonds. The molecule has 0 radical (unpaired) electrons. The SMILES string of the molecule is CCCCCCCCCCC#Cc1ccc(CN(CC)CCc2ccccc2F)cc1. The lowest BCUT2D eigenvalue weighted by atomic mass is 10.1. The maximum atomic E-state index is 13.8. The molecule has 2 aromatic carbocycles. The minimum atomic E-state index is -0.103. The average Bonchev–Trinajstić information content (AvgIpc) is 2.79. The van der Waals surface area contributed by atoms with E-state index in [4.69, 9.17) is 0 Å². The molecule has 0 N–H and O–H groups in total. The van der Waals surface area contributed by atoms with Crippen molar-refractivity contribution in [3.8, 4) is 11.8 Å². The minimum Gasteiger partial charge on any atom is -0.299 e. The maximum Gasteiger partial charge on any atom is 0.126 e. The predicted molar refractivity (Wildman–Crippen MR) is 132 cm³/mol. The molecular formula is C29H40FN. The van der Waals surface area contributed by atoms with E-state index in [0.717, 1.165) is 43.6 Å². The summed E-state index contributed by atoms with van der Waals surface area (Å²) in [5, 5.41) is 0. The number of hydrogen-bond acceptors (Lipinski definition) is 1. The first kappa shape index (κ1) is 25.2. The summed E-state index contributed by atoms with van der Waals surface area (Å²) in [6.07, 6.45) is 12.5. The summed E-state index contributed by atoms with van der Waals surface area (Å²) < 4.78 is 13.8. The van der Waals surface area contributed by atoms with Crippen LogP contribution in [0.25, 0.3) is 0 Å². The topological polar surface area (TPSA) is 3.24 Å². The van der Waals surface area contributed by atoms with Crippen molar-refractivity contribution >= 4 is 0 Å². The van der Waals surface area contributed by atoms with E-state index < -0.39 is 0 Å².